The molecule has 1 N–H and O–H groups in total. The minimum Gasteiger partial charge on any atom is -0.313 e. The lowest BCUT2D eigenvalue weighted by atomic mass is 9.79. The quantitative estimate of drug-likeness (QED) is 0.787. The van der Waals surface area contributed by atoms with Gasteiger partial charge in [0.25, 0.3) is 0 Å². The Morgan fingerprint density at radius 1 is 1.29 bits per heavy atom. The van der Waals surface area contributed by atoms with Crippen LogP contribution >= 0.6 is 11.8 Å². The maximum absolute atomic E-state index is 3.72. The molecule has 0 aromatic rings. The van der Waals surface area contributed by atoms with Crippen LogP contribution in [0.3, 0.4) is 0 Å². The summed E-state index contributed by atoms with van der Waals surface area (Å²) in [6, 6.07) is 0.729. The molecular weight excluding hydrogens is 226 g/mol. The normalized spacial score (nSPS) is 28.1. The Kier molecular flexibility index (Phi) is 6.36. The fourth-order valence-corrected chi connectivity index (χ4v) is 3.88. The Morgan fingerprint density at radius 3 is 2.53 bits per heavy atom. The van der Waals surface area contributed by atoms with Crippen LogP contribution in [-0.2, 0) is 0 Å². The molecule has 0 radical (unpaired) electrons. The SMILES string of the molecule is CCNC(CSC(C)(C)C)C1CCCC(C)C1. The number of rotatable bonds is 5. The summed E-state index contributed by atoms with van der Waals surface area (Å²) in [7, 11) is 0. The molecule has 1 aliphatic carbocycles. The largest absolute Gasteiger partial charge is 0.313 e. The standard InChI is InChI=1S/C15H31NS/c1-6-16-14(11-17-15(3,4)5)13-9-7-8-12(2)10-13/h12-14,16H,6-11H2,1-5H3. The number of nitrogens with one attached hydrogen (secondary N) is 1. The van der Waals surface area contributed by atoms with Crippen molar-refractivity contribution in [2.24, 2.45) is 11.8 Å². The van der Waals surface area contributed by atoms with Crippen molar-refractivity contribution >= 4 is 11.8 Å². The van der Waals surface area contributed by atoms with E-state index in [2.05, 4.69) is 51.7 Å². The van der Waals surface area contributed by atoms with E-state index in [1.165, 1.54) is 31.4 Å². The number of hydrogen-bond acceptors (Lipinski definition) is 2. The summed E-state index contributed by atoms with van der Waals surface area (Å²) in [4.78, 5) is 0. The fraction of sp³-hybridized carbons (Fsp3) is 1.00. The van der Waals surface area contributed by atoms with Gasteiger partial charge in [-0.15, -0.1) is 0 Å². The molecule has 3 unspecified atom stereocenters. The van der Waals surface area contributed by atoms with Crippen molar-refractivity contribution in [3.05, 3.63) is 0 Å². The predicted octanol–water partition coefficient (Wildman–Crippen LogP) is 4.32. The third-order valence-electron chi connectivity index (χ3n) is 3.71. The van der Waals surface area contributed by atoms with Gasteiger partial charge in [-0.2, -0.15) is 11.8 Å². The first-order chi connectivity index (χ1) is 7.92. The second-order valence-electron chi connectivity index (χ2n) is 6.62. The Bertz CT molecular complexity index is 209. The molecule has 0 aromatic heterocycles. The minimum absolute atomic E-state index is 0.397. The highest BCUT2D eigenvalue weighted by Gasteiger charge is 2.27. The zero-order chi connectivity index (χ0) is 12.9. The van der Waals surface area contributed by atoms with Crippen LogP contribution in [0.15, 0.2) is 0 Å². The minimum atomic E-state index is 0.397. The Labute approximate surface area is 113 Å². The molecule has 0 spiro atoms. The summed E-state index contributed by atoms with van der Waals surface area (Å²) in [5.74, 6) is 3.12. The van der Waals surface area contributed by atoms with E-state index in [0.29, 0.717) is 4.75 Å². The lowest BCUT2D eigenvalue weighted by Crippen LogP contribution is -2.41. The second kappa shape index (κ2) is 7.04. The maximum Gasteiger partial charge on any atom is 0.0186 e. The Hall–Kier alpha value is 0.310. The summed E-state index contributed by atoms with van der Waals surface area (Å²) in [6.07, 6.45) is 5.75. The summed E-state index contributed by atoms with van der Waals surface area (Å²) < 4.78 is 0.397. The fourth-order valence-electron chi connectivity index (χ4n) is 2.81. The average molecular weight is 257 g/mol. The molecular formula is C15H31NS. The molecule has 0 aromatic carbocycles. The lowest BCUT2D eigenvalue weighted by Gasteiger charge is -2.35. The van der Waals surface area contributed by atoms with Crippen LogP contribution in [0.4, 0.5) is 0 Å². The van der Waals surface area contributed by atoms with Gasteiger partial charge in [0.1, 0.15) is 0 Å². The van der Waals surface area contributed by atoms with Crippen molar-refractivity contribution in [2.75, 3.05) is 12.3 Å². The first kappa shape index (κ1) is 15.4. The van der Waals surface area contributed by atoms with Crippen LogP contribution in [0.2, 0.25) is 0 Å². The highest BCUT2D eigenvalue weighted by atomic mass is 32.2. The van der Waals surface area contributed by atoms with Gasteiger partial charge >= 0.3 is 0 Å². The van der Waals surface area contributed by atoms with Gasteiger partial charge in [-0.25, -0.2) is 0 Å². The molecule has 17 heavy (non-hydrogen) atoms. The van der Waals surface area contributed by atoms with Gasteiger partial charge in [-0.1, -0.05) is 47.5 Å². The predicted molar refractivity (Wildman–Crippen MR) is 80.8 cm³/mol. The highest BCUT2D eigenvalue weighted by Crippen LogP contribution is 2.33. The summed E-state index contributed by atoms with van der Waals surface area (Å²) in [5, 5.41) is 3.72. The van der Waals surface area contributed by atoms with E-state index in [1.54, 1.807) is 0 Å². The van der Waals surface area contributed by atoms with Gasteiger partial charge in [-0.3, -0.25) is 0 Å². The van der Waals surface area contributed by atoms with E-state index >= 15 is 0 Å². The zero-order valence-electron chi connectivity index (χ0n) is 12.4. The maximum atomic E-state index is 3.72. The summed E-state index contributed by atoms with van der Waals surface area (Å²) in [5.41, 5.74) is 0. The highest BCUT2D eigenvalue weighted by molar-refractivity contribution is 8.00. The van der Waals surface area contributed by atoms with Crippen molar-refractivity contribution in [1.82, 2.24) is 5.32 Å². The van der Waals surface area contributed by atoms with Crippen molar-refractivity contribution in [3.63, 3.8) is 0 Å². The van der Waals surface area contributed by atoms with E-state index in [9.17, 15) is 0 Å². The Balaban J connectivity index is 2.46. The smallest absolute Gasteiger partial charge is 0.0186 e. The van der Waals surface area contributed by atoms with E-state index in [0.717, 1.165) is 24.4 Å². The number of hydrogen-bond donors (Lipinski definition) is 1. The van der Waals surface area contributed by atoms with Gasteiger partial charge < -0.3 is 5.32 Å². The van der Waals surface area contributed by atoms with Crippen molar-refractivity contribution in [3.8, 4) is 0 Å². The van der Waals surface area contributed by atoms with Gasteiger partial charge in [0.2, 0.25) is 0 Å². The van der Waals surface area contributed by atoms with E-state index in [1.807, 2.05) is 0 Å². The van der Waals surface area contributed by atoms with Crippen LogP contribution in [0.5, 0.6) is 0 Å². The van der Waals surface area contributed by atoms with E-state index in [4.69, 9.17) is 0 Å². The third-order valence-corrected chi connectivity index (χ3v) is 5.10. The molecule has 0 heterocycles. The van der Waals surface area contributed by atoms with Crippen molar-refractivity contribution in [1.29, 1.82) is 0 Å². The van der Waals surface area contributed by atoms with Gasteiger partial charge in [0.05, 0.1) is 0 Å². The Morgan fingerprint density at radius 2 is 2.00 bits per heavy atom. The van der Waals surface area contributed by atoms with Crippen molar-refractivity contribution < 1.29 is 0 Å². The van der Waals surface area contributed by atoms with Crippen LogP contribution in [-0.4, -0.2) is 23.1 Å². The summed E-state index contributed by atoms with van der Waals surface area (Å²) >= 11 is 2.11. The topological polar surface area (TPSA) is 12.0 Å². The molecule has 1 nitrogen and oxygen atoms in total. The van der Waals surface area contributed by atoms with Crippen LogP contribution in [0.25, 0.3) is 0 Å². The molecule has 1 aliphatic rings. The molecule has 0 saturated heterocycles. The first-order valence-electron chi connectivity index (χ1n) is 7.29. The van der Waals surface area contributed by atoms with Crippen molar-refractivity contribution in [2.45, 2.75) is 71.1 Å². The molecule has 1 rings (SSSR count). The lowest BCUT2D eigenvalue weighted by molar-refractivity contribution is 0.235. The zero-order valence-corrected chi connectivity index (χ0v) is 13.2. The molecule has 1 fully saturated rings. The van der Waals surface area contributed by atoms with Gasteiger partial charge in [-0.05, 0) is 31.2 Å². The molecule has 1 saturated carbocycles. The van der Waals surface area contributed by atoms with Crippen LogP contribution < -0.4 is 5.32 Å². The van der Waals surface area contributed by atoms with Gasteiger partial charge in [0, 0.05) is 16.5 Å². The van der Waals surface area contributed by atoms with Crippen LogP contribution in [0, 0.1) is 11.8 Å². The molecule has 2 heteroatoms. The van der Waals surface area contributed by atoms with E-state index in [-0.39, 0.29) is 0 Å². The molecule has 102 valence electrons. The summed E-state index contributed by atoms with van der Waals surface area (Å²) in [6.45, 7) is 12.7. The average Bonchev–Trinajstić information content (AvgIpc) is 2.23. The molecule has 0 amide bonds. The van der Waals surface area contributed by atoms with Crippen LogP contribution in [0.1, 0.15) is 60.3 Å². The first-order valence-corrected chi connectivity index (χ1v) is 8.28. The second-order valence-corrected chi connectivity index (χ2v) is 8.47. The monoisotopic (exact) mass is 257 g/mol. The molecule has 3 atom stereocenters. The van der Waals surface area contributed by atoms with Gasteiger partial charge in [0.15, 0.2) is 0 Å². The molecule has 0 bridgehead atoms. The molecule has 0 aliphatic heterocycles. The van der Waals surface area contributed by atoms with E-state index < -0.39 is 0 Å². The third kappa shape index (κ3) is 6.15. The number of thioether (sulfide) groups is 1.